The van der Waals surface area contributed by atoms with E-state index in [0.717, 1.165) is 16.8 Å². The van der Waals surface area contributed by atoms with Crippen LogP contribution >= 0.6 is 0 Å². The number of hydrogen-bond acceptors (Lipinski definition) is 3. The first-order chi connectivity index (χ1) is 14.3. The minimum absolute atomic E-state index is 0.0937. The molecule has 0 saturated heterocycles. The van der Waals surface area contributed by atoms with Gasteiger partial charge < -0.3 is 5.32 Å². The highest BCUT2D eigenvalue weighted by Gasteiger charge is 2.59. The van der Waals surface area contributed by atoms with E-state index in [9.17, 15) is 9.00 Å². The standard InChI is InChI=1S/C24H31N3O2S/c1-23(2)17-9-11-24(3,13-17)22(23)25-21(28)20-18-15-30(29)12-10-19(18)27(26-20)14-16-7-5-4-6-8-16/h4-8,17,22H,9-15H2,1-3H3,(H,25,28). The van der Waals surface area contributed by atoms with E-state index in [2.05, 4.69) is 38.2 Å². The van der Waals surface area contributed by atoms with Gasteiger partial charge in [-0.3, -0.25) is 13.7 Å². The molecule has 4 unspecified atom stereocenters. The van der Waals surface area contributed by atoms with Crippen molar-refractivity contribution >= 4 is 16.7 Å². The molecule has 1 aromatic carbocycles. The number of rotatable bonds is 4. The number of aromatic nitrogens is 2. The van der Waals surface area contributed by atoms with Crippen molar-refractivity contribution in [3.05, 3.63) is 52.8 Å². The summed E-state index contributed by atoms with van der Waals surface area (Å²) >= 11 is 0. The normalized spacial score (nSPS) is 31.5. The monoisotopic (exact) mass is 425 g/mol. The number of nitrogens with one attached hydrogen (secondary N) is 1. The van der Waals surface area contributed by atoms with Crippen LogP contribution in [0, 0.1) is 16.7 Å². The molecule has 3 aliphatic rings. The molecule has 0 radical (unpaired) electrons. The van der Waals surface area contributed by atoms with Gasteiger partial charge in [0.15, 0.2) is 5.69 Å². The van der Waals surface area contributed by atoms with Crippen LogP contribution in [-0.4, -0.2) is 31.7 Å². The van der Waals surface area contributed by atoms with Gasteiger partial charge in [0.25, 0.3) is 5.91 Å². The van der Waals surface area contributed by atoms with Gasteiger partial charge in [-0.1, -0.05) is 51.1 Å². The molecule has 2 saturated carbocycles. The topological polar surface area (TPSA) is 64.0 Å². The lowest BCUT2D eigenvalue weighted by atomic mass is 9.68. The second kappa shape index (κ2) is 7.04. The molecule has 1 aromatic heterocycles. The average molecular weight is 426 g/mol. The van der Waals surface area contributed by atoms with E-state index in [1.165, 1.54) is 19.3 Å². The zero-order chi connectivity index (χ0) is 21.1. The van der Waals surface area contributed by atoms with Crippen molar-refractivity contribution in [1.29, 1.82) is 0 Å². The maximum absolute atomic E-state index is 13.5. The van der Waals surface area contributed by atoms with Gasteiger partial charge in [0, 0.05) is 40.3 Å². The maximum atomic E-state index is 13.5. The third kappa shape index (κ3) is 3.15. The highest BCUT2D eigenvalue weighted by molar-refractivity contribution is 7.84. The number of benzene rings is 1. The smallest absolute Gasteiger partial charge is 0.272 e. The Balaban J connectivity index is 1.46. The van der Waals surface area contributed by atoms with Crippen molar-refractivity contribution in [2.24, 2.45) is 16.7 Å². The molecule has 6 heteroatoms. The molecule has 4 atom stereocenters. The summed E-state index contributed by atoms with van der Waals surface area (Å²) in [6, 6.07) is 10.3. The molecule has 2 aliphatic carbocycles. The van der Waals surface area contributed by atoms with Crippen LogP contribution in [0.4, 0.5) is 0 Å². The summed E-state index contributed by atoms with van der Waals surface area (Å²) in [5.74, 6) is 1.65. The fraction of sp³-hybridized carbons (Fsp3) is 0.583. The van der Waals surface area contributed by atoms with Crippen LogP contribution in [-0.2, 0) is 29.5 Å². The van der Waals surface area contributed by atoms with Gasteiger partial charge in [0.05, 0.1) is 12.3 Å². The fourth-order valence-electron chi connectivity index (χ4n) is 6.34. The van der Waals surface area contributed by atoms with Crippen molar-refractivity contribution in [2.75, 3.05) is 5.75 Å². The number of nitrogens with zero attached hydrogens (tertiary/aromatic N) is 2. The van der Waals surface area contributed by atoms with E-state index < -0.39 is 10.8 Å². The van der Waals surface area contributed by atoms with Crippen LogP contribution in [0.5, 0.6) is 0 Å². The second-order valence-electron chi connectivity index (χ2n) is 10.3. The quantitative estimate of drug-likeness (QED) is 0.813. The van der Waals surface area contributed by atoms with E-state index in [1.54, 1.807) is 0 Å². The largest absolute Gasteiger partial charge is 0.347 e. The number of amides is 1. The maximum Gasteiger partial charge on any atom is 0.272 e. The molecule has 2 aromatic rings. The first-order valence-corrected chi connectivity index (χ1v) is 12.5. The summed E-state index contributed by atoms with van der Waals surface area (Å²) in [4.78, 5) is 13.5. The molecular weight excluding hydrogens is 394 g/mol. The number of carbonyl (C=O) groups is 1. The molecule has 1 N–H and O–H groups in total. The summed E-state index contributed by atoms with van der Waals surface area (Å²) in [6.07, 6.45) is 4.34. The highest BCUT2D eigenvalue weighted by Crippen LogP contribution is 2.62. The van der Waals surface area contributed by atoms with E-state index in [4.69, 9.17) is 5.10 Å². The van der Waals surface area contributed by atoms with E-state index in [-0.39, 0.29) is 22.8 Å². The Bertz CT molecular complexity index is 1010. The Morgan fingerprint density at radius 3 is 2.73 bits per heavy atom. The Morgan fingerprint density at radius 1 is 1.27 bits per heavy atom. The molecule has 1 amide bonds. The summed E-state index contributed by atoms with van der Waals surface area (Å²) < 4.78 is 14.3. The minimum atomic E-state index is -0.924. The van der Waals surface area contributed by atoms with Gasteiger partial charge in [-0.05, 0) is 41.6 Å². The minimum Gasteiger partial charge on any atom is -0.347 e. The van der Waals surface area contributed by atoms with Gasteiger partial charge >= 0.3 is 0 Å². The first-order valence-electron chi connectivity index (χ1n) is 11.1. The summed E-state index contributed by atoms with van der Waals surface area (Å²) in [7, 11) is -0.924. The van der Waals surface area contributed by atoms with Gasteiger partial charge in [-0.25, -0.2) is 0 Å². The molecular formula is C24H31N3O2S. The van der Waals surface area contributed by atoms with Crippen molar-refractivity contribution in [3.8, 4) is 0 Å². The van der Waals surface area contributed by atoms with E-state index >= 15 is 0 Å². The summed E-state index contributed by atoms with van der Waals surface area (Å²) in [6.45, 7) is 7.56. The van der Waals surface area contributed by atoms with Gasteiger partial charge in [-0.2, -0.15) is 5.10 Å². The molecule has 2 bridgehead atoms. The van der Waals surface area contributed by atoms with Crippen molar-refractivity contribution < 1.29 is 9.00 Å². The van der Waals surface area contributed by atoms with Gasteiger partial charge in [-0.15, -0.1) is 0 Å². The number of fused-ring (bicyclic) bond motifs is 3. The third-order valence-corrected chi connectivity index (χ3v) is 9.24. The van der Waals surface area contributed by atoms with Crippen LogP contribution in [0.2, 0.25) is 0 Å². The number of hydrogen-bond donors (Lipinski definition) is 1. The van der Waals surface area contributed by atoms with Crippen molar-refractivity contribution in [2.45, 2.75) is 64.8 Å². The molecule has 1 aliphatic heterocycles. The SMILES string of the molecule is CC12CCC(C1)C(C)(C)C2NC(=O)c1nn(Cc2ccccc2)c2c1CS(=O)CC2. The molecule has 5 rings (SSSR count). The Kier molecular flexibility index (Phi) is 4.69. The lowest BCUT2D eigenvalue weighted by Gasteiger charge is -2.43. The van der Waals surface area contributed by atoms with Gasteiger partial charge in [0.2, 0.25) is 0 Å². The number of carbonyl (C=O) groups excluding carboxylic acids is 1. The Hall–Kier alpha value is -1.95. The van der Waals surface area contributed by atoms with Crippen LogP contribution < -0.4 is 5.32 Å². The predicted molar refractivity (Wildman–Crippen MR) is 119 cm³/mol. The molecule has 2 fully saturated rings. The van der Waals surface area contributed by atoms with Crippen LogP contribution in [0.1, 0.15) is 67.3 Å². The van der Waals surface area contributed by atoms with Crippen molar-refractivity contribution in [3.63, 3.8) is 0 Å². The Morgan fingerprint density at radius 2 is 2.03 bits per heavy atom. The Labute approximate surface area is 181 Å². The fourth-order valence-corrected chi connectivity index (χ4v) is 7.53. The average Bonchev–Trinajstić information content (AvgIpc) is 3.33. The van der Waals surface area contributed by atoms with E-state index in [0.29, 0.717) is 36.1 Å². The molecule has 2 heterocycles. The van der Waals surface area contributed by atoms with Crippen molar-refractivity contribution in [1.82, 2.24) is 15.1 Å². The second-order valence-corrected chi connectivity index (χ2v) is 11.9. The van der Waals surface area contributed by atoms with Crippen LogP contribution in [0.15, 0.2) is 30.3 Å². The van der Waals surface area contributed by atoms with Gasteiger partial charge in [0.1, 0.15) is 0 Å². The predicted octanol–water partition coefficient (Wildman–Crippen LogP) is 3.68. The molecule has 160 valence electrons. The first kappa shape index (κ1) is 20.0. The lowest BCUT2D eigenvalue weighted by molar-refractivity contribution is 0.0732. The van der Waals surface area contributed by atoms with Crippen LogP contribution in [0.3, 0.4) is 0 Å². The molecule has 5 nitrogen and oxygen atoms in total. The lowest BCUT2D eigenvalue weighted by Crippen LogP contribution is -2.52. The van der Waals surface area contributed by atoms with Crippen LogP contribution in [0.25, 0.3) is 0 Å². The summed E-state index contributed by atoms with van der Waals surface area (Å²) in [5, 5.41) is 8.15. The molecule has 30 heavy (non-hydrogen) atoms. The highest BCUT2D eigenvalue weighted by atomic mass is 32.2. The van der Waals surface area contributed by atoms with E-state index in [1.807, 2.05) is 22.9 Å². The third-order valence-electron chi connectivity index (χ3n) is 7.97. The zero-order valence-corrected chi connectivity index (χ0v) is 18.9. The zero-order valence-electron chi connectivity index (χ0n) is 18.1. The molecule has 0 spiro atoms. The summed E-state index contributed by atoms with van der Waals surface area (Å²) in [5.41, 5.74) is 3.86.